The van der Waals surface area contributed by atoms with Gasteiger partial charge in [0.05, 0.1) is 4.92 Å². The van der Waals surface area contributed by atoms with Gasteiger partial charge in [0.15, 0.2) is 5.75 Å². The minimum Gasteiger partial charge on any atom is -0.438 e. The largest absolute Gasteiger partial charge is 0.438 e. The molecule has 0 aliphatic heterocycles. The van der Waals surface area contributed by atoms with Crippen LogP contribution >= 0.6 is 15.9 Å². The Balaban J connectivity index is 2.26. The molecule has 1 aromatic carbocycles. The predicted molar refractivity (Wildman–Crippen MR) is 77.7 cm³/mol. The van der Waals surface area contributed by atoms with E-state index in [0.29, 0.717) is 11.6 Å². The van der Waals surface area contributed by atoms with Crippen LogP contribution in [0.3, 0.4) is 0 Å². The fourth-order valence-corrected chi connectivity index (χ4v) is 2.04. The Morgan fingerprint density at radius 2 is 2.15 bits per heavy atom. The lowest BCUT2D eigenvalue weighted by molar-refractivity contribution is -0.385. The SMILES string of the molecule is CC(N)c1ccc(Oc2cccc([N+](=O)[O-])c2Br)nc1. The van der Waals surface area contributed by atoms with E-state index < -0.39 is 4.92 Å². The molecule has 1 atom stereocenters. The molecule has 0 saturated heterocycles. The number of nitro groups is 1. The number of halogens is 1. The molecule has 2 aromatic rings. The summed E-state index contributed by atoms with van der Waals surface area (Å²) in [6.07, 6.45) is 1.62. The number of benzene rings is 1. The van der Waals surface area contributed by atoms with E-state index in [9.17, 15) is 10.1 Å². The van der Waals surface area contributed by atoms with Gasteiger partial charge in [0, 0.05) is 24.4 Å². The van der Waals surface area contributed by atoms with Crippen LogP contribution in [0.5, 0.6) is 11.6 Å². The van der Waals surface area contributed by atoms with Crippen molar-refractivity contribution in [2.24, 2.45) is 5.73 Å². The zero-order valence-electron chi connectivity index (χ0n) is 10.6. The molecule has 0 bridgehead atoms. The lowest BCUT2D eigenvalue weighted by Crippen LogP contribution is -2.05. The highest BCUT2D eigenvalue weighted by Gasteiger charge is 2.16. The first-order valence-corrected chi connectivity index (χ1v) is 6.60. The minimum atomic E-state index is -0.483. The summed E-state index contributed by atoms with van der Waals surface area (Å²) in [4.78, 5) is 14.5. The van der Waals surface area contributed by atoms with E-state index in [4.69, 9.17) is 10.5 Å². The van der Waals surface area contributed by atoms with Gasteiger partial charge in [0.1, 0.15) is 4.47 Å². The fourth-order valence-electron chi connectivity index (χ4n) is 1.55. The van der Waals surface area contributed by atoms with Crippen LogP contribution in [0.2, 0.25) is 0 Å². The van der Waals surface area contributed by atoms with Gasteiger partial charge in [-0.15, -0.1) is 0 Å². The van der Waals surface area contributed by atoms with E-state index >= 15 is 0 Å². The molecule has 1 heterocycles. The van der Waals surface area contributed by atoms with Crippen molar-refractivity contribution in [1.29, 1.82) is 0 Å². The number of pyridine rings is 1. The van der Waals surface area contributed by atoms with Crippen LogP contribution in [-0.4, -0.2) is 9.91 Å². The summed E-state index contributed by atoms with van der Waals surface area (Å²) in [7, 11) is 0. The number of hydrogen-bond donors (Lipinski definition) is 1. The van der Waals surface area contributed by atoms with Gasteiger partial charge in [-0.25, -0.2) is 4.98 Å². The number of nitrogens with zero attached hydrogens (tertiary/aromatic N) is 2. The van der Waals surface area contributed by atoms with E-state index in [-0.39, 0.29) is 16.2 Å². The number of ether oxygens (including phenoxy) is 1. The first kappa shape index (κ1) is 14.4. The van der Waals surface area contributed by atoms with Crippen molar-refractivity contribution < 1.29 is 9.66 Å². The maximum absolute atomic E-state index is 10.8. The Hall–Kier alpha value is -1.99. The summed E-state index contributed by atoms with van der Waals surface area (Å²) in [5.74, 6) is 0.677. The number of hydrogen-bond acceptors (Lipinski definition) is 5. The molecule has 20 heavy (non-hydrogen) atoms. The summed E-state index contributed by atoms with van der Waals surface area (Å²) in [6.45, 7) is 1.86. The first-order chi connectivity index (χ1) is 9.49. The molecular formula is C13H12BrN3O3. The van der Waals surface area contributed by atoms with Crippen LogP contribution in [0.15, 0.2) is 41.0 Å². The lowest BCUT2D eigenvalue weighted by Gasteiger charge is -2.08. The molecule has 2 N–H and O–H groups in total. The molecule has 0 spiro atoms. The van der Waals surface area contributed by atoms with Gasteiger partial charge in [-0.05, 0) is 34.5 Å². The van der Waals surface area contributed by atoms with Crippen molar-refractivity contribution in [2.75, 3.05) is 0 Å². The zero-order chi connectivity index (χ0) is 14.7. The average molecular weight is 338 g/mol. The van der Waals surface area contributed by atoms with Crippen molar-refractivity contribution in [3.8, 4) is 11.6 Å². The molecule has 0 aliphatic carbocycles. The van der Waals surface area contributed by atoms with Gasteiger partial charge in [0.25, 0.3) is 5.69 Å². The minimum absolute atomic E-state index is 0.0605. The maximum atomic E-state index is 10.8. The van der Waals surface area contributed by atoms with E-state index in [1.165, 1.54) is 6.07 Å². The average Bonchev–Trinajstić information content (AvgIpc) is 2.41. The highest BCUT2D eigenvalue weighted by atomic mass is 79.9. The third kappa shape index (κ3) is 3.12. The number of rotatable bonds is 4. The molecule has 1 aromatic heterocycles. The summed E-state index contributed by atoms with van der Waals surface area (Å²) in [6, 6.07) is 7.93. The number of aromatic nitrogens is 1. The highest BCUT2D eigenvalue weighted by molar-refractivity contribution is 9.10. The van der Waals surface area contributed by atoms with Crippen LogP contribution in [0.4, 0.5) is 5.69 Å². The Morgan fingerprint density at radius 3 is 2.70 bits per heavy atom. The molecule has 104 valence electrons. The van der Waals surface area contributed by atoms with Crippen LogP contribution in [0.1, 0.15) is 18.5 Å². The summed E-state index contributed by atoms with van der Waals surface area (Å²) < 4.78 is 5.81. The van der Waals surface area contributed by atoms with Crippen molar-refractivity contribution in [3.63, 3.8) is 0 Å². The Labute approximate surface area is 123 Å². The van der Waals surface area contributed by atoms with Crippen molar-refractivity contribution in [2.45, 2.75) is 13.0 Å². The van der Waals surface area contributed by atoms with E-state index in [2.05, 4.69) is 20.9 Å². The third-order valence-electron chi connectivity index (χ3n) is 2.64. The Bertz CT molecular complexity index is 629. The van der Waals surface area contributed by atoms with Gasteiger partial charge in [-0.1, -0.05) is 12.1 Å². The zero-order valence-corrected chi connectivity index (χ0v) is 12.2. The van der Waals surface area contributed by atoms with Gasteiger partial charge in [-0.2, -0.15) is 0 Å². The molecule has 0 saturated carbocycles. The monoisotopic (exact) mass is 337 g/mol. The maximum Gasteiger partial charge on any atom is 0.287 e. The second kappa shape index (κ2) is 5.98. The second-order valence-corrected chi connectivity index (χ2v) is 4.96. The van der Waals surface area contributed by atoms with Crippen LogP contribution in [0, 0.1) is 10.1 Å². The van der Waals surface area contributed by atoms with Crippen LogP contribution in [-0.2, 0) is 0 Å². The van der Waals surface area contributed by atoms with Crippen LogP contribution < -0.4 is 10.5 Å². The van der Waals surface area contributed by atoms with Crippen molar-refractivity contribution in [1.82, 2.24) is 4.98 Å². The molecule has 0 amide bonds. The molecule has 0 aliphatic rings. The quantitative estimate of drug-likeness (QED) is 0.680. The fraction of sp³-hybridized carbons (Fsp3) is 0.154. The number of nitro benzene ring substituents is 1. The molecule has 1 unspecified atom stereocenters. The Morgan fingerprint density at radius 1 is 1.40 bits per heavy atom. The molecule has 0 fully saturated rings. The summed E-state index contributed by atoms with van der Waals surface area (Å²) in [5, 5.41) is 10.8. The standard InChI is InChI=1S/C13H12BrN3O3/c1-8(15)9-5-6-12(16-7-9)20-11-4-2-3-10(13(11)14)17(18)19/h2-8H,15H2,1H3. The first-order valence-electron chi connectivity index (χ1n) is 5.81. The second-order valence-electron chi connectivity index (χ2n) is 4.17. The van der Waals surface area contributed by atoms with Crippen LogP contribution in [0.25, 0.3) is 0 Å². The molecule has 0 radical (unpaired) electrons. The molecule has 6 nitrogen and oxygen atoms in total. The molecule has 2 rings (SSSR count). The summed E-state index contributed by atoms with van der Waals surface area (Å²) in [5.41, 5.74) is 6.55. The molecular weight excluding hydrogens is 326 g/mol. The Kier molecular flexibility index (Phi) is 4.31. The highest BCUT2D eigenvalue weighted by Crippen LogP contribution is 2.35. The number of nitrogens with two attached hydrogens (primary N) is 1. The predicted octanol–water partition coefficient (Wildman–Crippen LogP) is 3.56. The smallest absolute Gasteiger partial charge is 0.287 e. The lowest BCUT2D eigenvalue weighted by atomic mass is 10.2. The van der Waals surface area contributed by atoms with E-state index in [1.54, 1.807) is 30.5 Å². The van der Waals surface area contributed by atoms with Crippen molar-refractivity contribution >= 4 is 21.6 Å². The van der Waals surface area contributed by atoms with Crippen molar-refractivity contribution in [3.05, 3.63) is 56.7 Å². The topological polar surface area (TPSA) is 91.3 Å². The third-order valence-corrected chi connectivity index (χ3v) is 3.44. The van der Waals surface area contributed by atoms with E-state index in [1.807, 2.05) is 6.92 Å². The van der Waals surface area contributed by atoms with Gasteiger partial charge in [0.2, 0.25) is 5.88 Å². The van der Waals surface area contributed by atoms with Gasteiger partial charge in [-0.3, -0.25) is 10.1 Å². The normalized spacial score (nSPS) is 11.9. The summed E-state index contributed by atoms with van der Waals surface area (Å²) >= 11 is 3.16. The van der Waals surface area contributed by atoms with Gasteiger partial charge >= 0.3 is 0 Å². The molecule has 7 heteroatoms. The van der Waals surface area contributed by atoms with Gasteiger partial charge < -0.3 is 10.5 Å². The van der Waals surface area contributed by atoms with E-state index in [0.717, 1.165) is 5.56 Å².